The van der Waals surface area contributed by atoms with Crippen LogP contribution in [0.15, 0.2) is 102 Å². The van der Waals surface area contributed by atoms with Gasteiger partial charge < -0.3 is 14.6 Å². The molecule has 1 heterocycles. The monoisotopic (exact) mass is 609 g/mol. The number of aryl methyl sites for hydroxylation is 2. The van der Waals surface area contributed by atoms with Gasteiger partial charge in [-0.2, -0.15) is 0 Å². The van der Waals surface area contributed by atoms with Crippen molar-refractivity contribution in [3.05, 3.63) is 135 Å². The molecule has 1 fully saturated rings. The lowest BCUT2D eigenvalue weighted by atomic mass is 10.0. The lowest BCUT2D eigenvalue weighted by Crippen LogP contribution is -2.45. The van der Waals surface area contributed by atoms with Crippen LogP contribution in [0.1, 0.15) is 33.4 Å². The molecule has 1 aliphatic rings. The fraction of sp³-hybridized carbons (Fsp3) is 0.171. The third-order valence-corrected chi connectivity index (χ3v) is 8.34. The molecule has 0 spiro atoms. The third kappa shape index (κ3) is 7.71. The summed E-state index contributed by atoms with van der Waals surface area (Å²) >= 11 is 6.59. The van der Waals surface area contributed by atoms with E-state index in [2.05, 4.69) is 0 Å². The summed E-state index contributed by atoms with van der Waals surface area (Å²) in [6.45, 7) is 4.79. The first-order valence-corrected chi connectivity index (χ1v) is 15.0. The molecule has 0 radical (unpaired) electrons. The first-order chi connectivity index (χ1) is 20.8. The van der Waals surface area contributed by atoms with E-state index in [0.29, 0.717) is 35.2 Å². The maximum atomic E-state index is 13.5. The minimum absolute atomic E-state index is 0.147. The Morgan fingerprint density at radius 1 is 0.860 bits per heavy atom. The van der Waals surface area contributed by atoms with Gasteiger partial charge in [-0.25, -0.2) is 4.79 Å². The molecule has 6 nitrogen and oxygen atoms in total. The van der Waals surface area contributed by atoms with Gasteiger partial charge in [-0.05, 0) is 48.7 Å². The van der Waals surface area contributed by atoms with Crippen LogP contribution in [0.2, 0.25) is 0 Å². The number of amides is 1. The summed E-state index contributed by atoms with van der Waals surface area (Å²) in [5.41, 5.74) is 5.85. The van der Waals surface area contributed by atoms with Crippen molar-refractivity contribution < 1.29 is 24.2 Å². The highest BCUT2D eigenvalue weighted by Gasteiger charge is 2.40. The molecule has 1 unspecified atom stereocenters. The van der Waals surface area contributed by atoms with E-state index in [1.54, 1.807) is 6.08 Å². The minimum Gasteiger partial charge on any atom is -0.489 e. The molecule has 1 atom stereocenters. The highest BCUT2D eigenvalue weighted by molar-refractivity contribution is 8.26. The van der Waals surface area contributed by atoms with E-state index >= 15 is 0 Å². The smallest absolute Gasteiger partial charge is 0.327 e. The summed E-state index contributed by atoms with van der Waals surface area (Å²) in [6, 6.07) is 29.8. The van der Waals surface area contributed by atoms with Crippen molar-refractivity contribution in [2.45, 2.75) is 39.5 Å². The Labute approximate surface area is 261 Å². The minimum atomic E-state index is -1.12. The highest BCUT2D eigenvalue weighted by atomic mass is 32.2. The van der Waals surface area contributed by atoms with E-state index in [4.69, 9.17) is 21.7 Å². The van der Waals surface area contributed by atoms with Gasteiger partial charge in [0.05, 0.1) is 4.91 Å². The summed E-state index contributed by atoms with van der Waals surface area (Å²) in [5, 5.41) is 10.0. The Morgan fingerprint density at radius 3 is 2.07 bits per heavy atom. The van der Waals surface area contributed by atoms with Crippen molar-refractivity contribution in [2.75, 3.05) is 0 Å². The van der Waals surface area contributed by atoms with Crippen molar-refractivity contribution >= 4 is 46.3 Å². The van der Waals surface area contributed by atoms with Crippen LogP contribution in [0.4, 0.5) is 0 Å². The number of carbonyl (C=O) groups is 2. The normalized spacial score (nSPS) is 14.7. The standard InChI is InChI=1S/C35H31NO5S2/c1-23-8-12-26(13-9-23)21-40-29-17-16-28(31(20-29)41-22-27-14-10-24(2)11-15-27)19-32-33(37)36(35(42)43-32)30(34(38)39)18-25-6-4-3-5-7-25/h3-17,19-20,30H,18,21-22H2,1-2H3,(H,38,39)/b32-19+. The average molecular weight is 610 g/mol. The molecule has 1 saturated heterocycles. The van der Waals surface area contributed by atoms with Gasteiger partial charge in [-0.15, -0.1) is 0 Å². The van der Waals surface area contributed by atoms with Crippen molar-refractivity contribution in [1.29, 1.82) is 0 Å². The van der Waals surface area contributed by atoms with E-state index in [1.807, 2.05) is 111 Å². The van der Waals surface area contributed by atoms with Crippen molar-refractivity contribution in [1.82, 2.24) is 4.90 Å². The lowest BCUT2D eigenvalue weighted by molar-refractivity contribution is -0.145. The number of hydrogen-bond acceptors (Lipinski definition) is 6. The number of nitrogens with zero attached hydrogens (tertiary/aromatic N) is 1. The number of aliphatic carboxylic acids is 1. The Kier molecular flexibility index (Phi) is 9.59. The number of ether oxygens (including phenoxy) is 2. The molecule has 1 aliphatic heterocycles. The first kappa shape index (κ1) is 30.1. The molecule has 0 aliphatic carbocycles. The summed E-state index contributed by atoms with van der Waals surface area (Å²) in [4.78, 5) is 27.3. The fourth-order valence-corrected chi connectivity index (χ4v) is 5.91. The Hall–Kier alpha value is -4.40. The van der Waals surface area contributed by atoms with Crippen LogP contribution < -0.4 is 9.47 Å². The second-order valence-electron chi connectivity index (χ2n) is 10.3. The molecule has 218 valence electrons. The number of thiocarbonyl (C=S) groups is 1. The van der Waals surface area contributed by atoms with Crippen LogP contribution in [0.3, 0.4) is 0 Å². The van der Waals surface area contributed by atoms with Crippen molar-refractivity contribution in [3.8, 4) is 11.5 Å². The van der Waals surface area contributed by atoms with Gasteiger partial charge in [-0.3, -0.25) is 9.69 Å². The Balaban J connectivity index is 1.40. The third-order valence-electron chi connectivity index (χ3n) is 7.00. The fourth-order valence-electron chi connectivity index (χ4n) is 4.56. The molecule has 4 aromatic rings. The number of thioether (sulfide) groups is 1. The number of carboxylic acids is 1. The first-order valence-electron chi connectivity index (χ1n) is 13.8. The molecule has 43 heavy (non-hydrogen) atoms. The highest BCUT2D eigenvalue weighted by Crippen LogP contribution is 2.37. The SMILES string of the molecule is Cc1ccc(COc2ccc(/C=C3/SC(=S)N(C(Cc4ccccc4)C(=O)O)C3=O)c(OCc3ccc(C)cc3)c2)cc1. The molecule has 0 bridgehead atoms. The van der Waals surface area contributed by atoms with Gasteiger partial charge in [-0.1, -0.05) is 114 Å². The van der Waals surface area contributed by atoms with Gasteiger partial charge in [0.2, 0.25) is 0 Å². The maximum absolute atomic E-state index is 13.5. The second-order valence-corrected chi connectivity index (χ2v) is 12.0. The summed E-state index contributed by atoms with van der Waals surface area (Å²) < 4.78 is 12.5. The number of carboxylic acid groups (broad SMARTS) is 1. The molecular formula is C35H31NO5S2. The van der Waals surface area contributed by atoms with Crippen LogP contribution in [-0.2, 0) is 29.2 Å². The van der Waals surface area contributed by atoms with Gasteiger partial charge in [0.1, 0.15) is 35.1 Å². The van der Waals surface area contributed by atoms with Crippen LogP contribution in [0, 0.1) is 13.8 Å². The van der Waals surface area contributed by atoms with Gasteiger partial charge >= 0.3 is 5.97 Å². The molecule has 0 aromatic heterocycles. The van der Waals surface area contributed by atoms with E-state index in [9.17, 15) is 14.7 Å². The Bertz CT molecular complexity index is 1650. The van der Waals surface area contributed by atoms with E-state index in [-0.39, 0.29) is 10.7 Å². The van der Waals surface area contributed by atoms with Crippen LogP contribution in [0.25, 0.3) is 6.08 Å². The van der Waals surface area contributed by atoms with Gasteiger partial charge in [0.15, 0.2) is 0 Å². The lowest BCUT2D eigenvalue weighted by Gasteiger charge is -2.23. The van der Waals surface area contributed by atoms with Crippen LogP contribution in [-0.4, -0.2) is 32.2 Å². The predicted octanol–water partition coefficient (Wildman–Crippen LogP) is 7.36. The molecule has 0 saturated carbocycles. The molecule has 1 amide bonds. The van der Waals surface area contributed by atoms with Gasteiger partial charge in [0, 0.05) is 18.1 Å². The Morgan fingerprint density at radius 2 is 1.47 bits per heavy atom. The van der Waals surface area contributed by atoms with Crippen molar-refractivity contribution in [3.63, 3.8) is 0 Å². The largest absolute Gasteiger partial charge is 0.489 e. The molecule has 5 rings (SSSR count). The second kappa shape index (κ2) is 13.7. The summed E-state index contributed by atoms with van der Waals surface area (Å²) in [7, 11) is 0. The average Bonchev–Trinajstić information content (AvgIpc) is 3.28. The van der Waals surface area contributed by atoms with Gasteiger partial charge in [0.25, 0.3) is 5.91 Å². The summed E-state index contributed by atoms with van der Waals surface area (Å²) in [6.07, 6.45) is 1.85. The molecular weight excluding hydrogens is 579 g/mol. The molecule has 4 aromatic carbocycles. The number of benzene rings is 4. The maximum Gasteiger partial charge on any atom is 0.327 e. The molecule has 8 heteroatoms. The summed E-state index contributed by atoms with van der Waals surface area (Å²) in [5.74, 6) is -0.398. The van der Waals surface area contributed by atoms with Crippen LogP contribution in [0.5, 0.6) is 11.5 Å². The van der Waals surface area contributed by atoms with E-state index in [1.165, 1.54) is 10.5 Å². The van der Waals surface area contributed by atoms with Crippen molar-refractivity contribution in [2.24, 2.45) is 0 Å². The topological polar surface area (TPSA) is 76.1 Å². The van der Waals surface area contributed by atoms with Crippen LogP contribution >= 0.6 is 24.0 Å². The number of hydrogen-bond donors (Lipinski definition) is 1. The zero-order chi connectivity index (χ0) is 30.3. The number of rotatable bonds is 11. The molecule has 1 N–H and O–H groups in total. The predicted molar refractivity (Wildman–Crippen MR) is 174 cm³/mol. The van der Waals surface area contributed by atoms with E-state index in [0.717, 1.165) is 34.0 Å². The number of carbonyl (C=O) groups excluding carboxylic acids is 1. The zero-order valence-corrected chi connectivity index (χ0v) is 25.5. The zero-order valence-electron chi connectivity index (χ0n) is 23.9. The quantitative estimate of drug-likeness (QED) is 0.141. The van der Waals surface area contributed by atoms with E-state index < -0.39 is 17.9 Å².